The summed E-state index contributed by atoms with van der Waals surface area (Å²) in [7, 11) is 0. The van der Waals surface area contributed by atoms with Crippen LogP contribution in [0, 0.1) is 0 Å². The molecular formula is C47H32N6. The molecule has 0 unspecified atom stereocenters. The molecule has 53 heavy (non-hydrogen) atoms. The molecule has 7 aromatic carbocycles. The molecule has 4 aromatic heterocycles. The van der Waals surface area contributed by atoms with Crippen LogP contribution < -0.4 is 0 Å². The highest BCUT2D eigenvalue weighted by Crippen LogP contribution is 2.38. The van der Waals surface area contributed by atoms with Gasteiger partial charge in [0.25, 0.3) is 0 Å². The lowest BCUT2D eigenvalue weighted by atomic mass is 10.1. The van der Waals surface area contributed by atoms with Crippen molar-refractivity contribution >= 4 is 65.4 Å². The normalized spacial score (nSPS) is 11.9. The number of rotatable bonds is 5. The van der Waals surface area contributed by atoms with Crippen molar-refractivity contribution in [1.82, 2.24) is 28.7 Å². The van der Waals surface area contributed by atoms with E-state index in [2.05, 4.69) is 166 Å². The third kappa shape index (κ3) is 4.42. The first kappa shape index (κ1) is 29.7. The van der Waals surface area contributed by atoms with E-state index in [4.69, 9.17) is 15.0 Å². The summed E-state index contributed by atoms with van der Waals surface area (Å²) in [6.45, 7) is 2.20. The molecule has 250 valence electrons. The van der Waals surface area contributed by atoms with E-state index in [1.54, 1.807) is 0 Å². The van der Waals surface area contributed by atoms with Gasteiger partial charge in [0.1, 0.15) is 0 Å². The zero-order valence-electron chi connectivity index (χ0n) is 29.0. The average molecular weight is 681 g/mol. The van der Waals surface area contributed by atoms with Crippen molar-refractivity contribution < 1.29 is 0 Å². The van der Waals surface area contributed by atoms with Gasteiger partial charge < -0.3 is 4.57 Å². The number of aromatic nitrogens is 6. The van der Waals surface area contributed by atoms with Crippen LogP contribution in [0.5, 0.6) is 0 Å². The van der Waals surface area contributed by atoms with Gasteiger partial charge in [0.15, 0.2) is 5.82 Å². The van der Waals surface area contributed by atoms with Crippen LogP contribution in [0.25, 0.3) is 94.4 Å². The summed E-state index contributed by atoms with van der Waals surface area (Å²) >= 11 is 0. The molecule has 0 radical (unpaired) electrons. The minimum Gasteiger partial charge on any atom is -0.309 e. The molecule has 6 heteroatoms. The van der Waals surface area contributed by atoms with Crippen molar-refractivity contribution in [1.29, 1.82) is 0 Å². The molecule has 0 atom stereocenters. The van der Waals surface area contributed by atoms with Crippen LogP contribution >= 0.6 is 0 Å². The van der Waals surface area contributed by atoms with E-state index in [-0.39, 0.29) is 0 Å². The fourth-order valence-corrected chi connectivity index (χ4v) is 8.24. The van der Waals surface area contributed by atoms with Crippen LogP contribution in [0.1, 0.15) is 12.5 Å². The predicted octanol–water partition coefficient (Wildman–Crippen LogP) is 11.4. The van der Waals surface area contributed by atoms with Crippen LogP contribution in [0.2, 0.25) is 0 Å². The Bertz CT molecular complexity index is 3170. The third-order valence-electron chi connectivity index (χ3n) is 10.7. The van der Waals surface area contributed by atoms with E-state index in [9.17, 15) is 0 Å². The molecule has 0 fully saturated rings. The summed E-state index contributed by atoms with van der Waals surface area (Å²) in [6, 6.07) is 58.0. The number of hydrogen-bond donors (Lipinski definition) is 0. The fourth-order valence-electron chi connectivity index (χ4n) is 8.24. The molecular weight excluding hydrogens is 649 g/mol. The second kappa shape index (κ2) is 11.5. The Kier molecular flexibility index (Phi) is 6.43. The Morgan fingerprint density at radius 1 is 0.377 bits per heavy atom. The summed E-state index contributed by atoms with van der Waals surface area (Å²) in [5.74, 6) is 1.77. The van der Waals surface area contributed by atoms with Crippen molar-refractivity contribution in [3.8, 4) is 29.0 Å². The minimum atomic E-state index is 0.570. The quantitative estimate of drug-likeness (QED) is 0.182. The molecule has 0 saturated carbocycles. The Morgan fingerprint density at radius 2 is 0.811 bits per heavy atom. The van der Waals surface area contributed by atoms with Gasteiger partial charge in [0, 0.05) is 43.6 Å². The summed E-state index contributed by atoms with van der Waals surface area (Å²) in [5, 5.41) is 7.12. The topological polar surface area (TPSA) is 53.5 Å². The van der Waals surface area contributed by atoms with Crippen LogP contribution in [-0.4, -0.2) is 28.7 Å². The molecule has 0 amide bonds. The Balaban J connectivity index is 1.20. The Morgan fingerprint density at radius 3 is 1.36 bits per heavy atom. The zero-order chi connectivity index (χ0) is 35.0. The van der Waals surface area contributed by atoms with Gasteiger partial charge in [-0.05, 0) is 66.6 Å². The number of hydrogen-bond acceptors (Lipinski definition) is 3. The molecule has 4 heterocycles. The molecule has 0 aliphatic heterocycles. The Labute approximate surface area is 304 Å². The van der Waals surface area contributed by atoms with Crippen LogP contribution in [0.4, 0.5) is 0 Å². The SMILES string of the molecule is CCc1ccc2c(c1)c1ccccc1n2-c1nc(-c2ccccc2)nc(-n2c3ccccc3c3cc(-n4c5ccccc5c5ccccc54)ccc32)n1. The summed E-state index contributed by atoms with van der Waals surface area (Å²) in [6.07, 6.45) is 0.968. The van der Waals surface area contributed by atoms with Crippen molar-refractivity contribution in [3.05, 3.63) is 169 Å². The molecule has 0 saturated heterocycles. The predicted molar refractivity (Wildman–Crippen MR) is 218 cm³/mol. The van der Waals surface area contributed by atoms with Gasteiger partial charge in [0.05, 0.1) is 33.1 Å². The maximum atomic E-state index is 5.34. The number of aryl methyl sites for hydroxylation is 1. The molecule has 11 rings (SSSR count). The van der Waals surface area contributed by atoms with E-state index < -0.39 is 0 Å². The first-order chi connectivity index (χ1) is 26.2. The summed E-state index contributed by atoms with van der Waals surface area (Å²) in [4.78, 5) is 15.7. The Hall–Kier alpha value is -7.05. The number of para-hydroxylation sites is 4. The van der Waals surface area contributed by atoms with E-state index >= 15 is 0 Å². The van der Waals surface area contributed by atoms with Gasteiger partial charge in [-0.25, -0.2) is 0 Å². The van der Waals surface area contributed by atoms with Crippen molar-refractivity contribution in [2.75, 3.05) is 0 Å². The maximum absolute atomic E-state index is 5.34. The standard InChI is InChI=1S/C47H32N6/c1-2-30-24-26-43-37(28-30)35-18-8-12-22-41(35)52(43)46-48-45(31-14-4-3-5-15-31)49-47(50-46)53-42-23-13-9-19-36(42)38-29-32(25-27-44(38)53)51-39-20-10-6-16-33(39)34-17-7-11-21-40(34)51/h3-29H,2H2,1H3. The fraction of sp³-hybridized carbons (Fsp3) is 0.0426. The lowest BCUT2D eigenvalue weighted by Gasteiger charge is -2.13. The second-order valence-electron chi connectivity index (χ2n) is 13.6. The summed E-state index contributed by atoms with van der Waals surface area (Å²) in [5.41, 5.74) is 9.90. The highest BCUT2D eigenvalue weighted by atomic mass is 15.3. The minimum absolute atomic E-state index is 0.570. The molecule has 6 nitrogen and oxygen atoms in total. The van der Waals surface area contributed by atoms with Gasteiger partial charge in [-0.1, -0.05) is 116 Å². The monoisotopic (exact) mass is 680 g/mol. The number of benzene rings is 7. The van der Waals surface area contributed by atoms with E-state index in [0.717, 1.165) is 50.5 Å². The molecule has 11 aromatic rings. The zero-order valence-corrected chi connectivity index (χ0v) is 29.0. The average Bonchev–Trinajstić information content (AvgIpc) is 3.86. The first-order valence-corrected chi connectivity index (χ1v) is 18.1. The van der Waals surface area contributed by atoms with Crippen molar-refractivity contribution in [2.24, 2.45) is 0 Å². The lowest BCUT2D eigenvalue weighted by Crippen LogP contribution is -2.10. The third-order valence-corrected chi connectivity index (χ3v) is 10.7. The number of fused-ring (bicyclic) bond motifs is 9. The molecule has 0 aliphatic carbocycles. The van der Waals surface area contributed by atoms with Gasteiger partial charge >= 0.3 is 0 Å². The van der Waals surface area contributed by atoms with Crippen LogP contribution in [0.3, 0.4) is 0 Å². The largest absolute Gasteiger partial charge is 0.309 e. The second-order valence-corrected chi connectivity index (χ2v) is 13.6. The van der Waals surface area contributed by atoms with Crippen LogP contribution in [0.15, 0.2) is 164 Å². The van der Waals surface area contributed by atoms with Gasteiger partial charge in [-0.2, -0.15) is 15.0 Å². The van der Waals surface area contributed by atoms with Crippen molar-refractivity contribution in [2.45, 2.75) is 13.3 Å². The van der Waals surface area contributed by atoms with Crippen molar-refractivity contribution in [3.63, 3.8) is 0 Å². The van der Waals surface area contributed by atoms with Gasteiger partial charge in [-0.3, -0.25) is 9.13 Å². The van der Waals surface area contributed by atoms with Gasteiger partial charge in [-0.15, -0.1) is 0 Å². The van der Waals surface area contributed by atoms with Gasteiger partial charge in [0.2, 0.25) is 11.9 Å². The van der Waals surface area contributed by atoms with Crippen LogP contribution in [-0.2, 0) is 6.42 Å². The van der Waals surface area contributed by atoms with E-state index in [1.165, 1.54) is 38.1 Å². The number of nitrogens with zero attached hydrogens (tertiary/aromatic N) is 6. The molecule has 0 bridgehead atoms. The molecule has 0 N–H and O–H groups in total. The highest BCUT2D eigenvalue weighted by molar-refractivity contribution is 6.12. The highest BCUT2D eigenvalue weighted by Gasteiger charge is 2.21. The van der Waals surface area contributed by atoms with E-state index in [0.29, 0.717) is 17.7 Å². The summed E-state index contributed by atoms with van der Waals surface area (Å²) < 4.78 is 6.76. The van der Waals surface area contributed by atoms with E-state index in [1.807, 2.05) is 18.2 Å². The first-order valence-electron chi connectivity index (χ1n) is 18.1. The maximum Gasteiger partial charge on any atom is 0.240 e. The smallest absolute Gasteiger partial charge is 0.240 e. The molecule has 0 aliphatic rings. The lowest BCUT2D eigenvalue weighted by molar-refractivity contribution is 0.892. The molecule has 0 spiro atoms.